The number of rotatable bonds is 4. The first-order valence-electron chi connectivity index (χ1n) is 10.5. The molecule has 0 spiro atoms. The molecular formula is C26H24N2S4. The maximum absolute atomic E-state index is 5.63. The van der Waals surface area contributed by atoms with Crippen molar-refractivity contribution >= 4 is 54.7 Å². The van der Waals surface area contributed by atoms with Crippen LogP contribution in [0.4, 0.5) is 0 Å². The van der Waals surface area contributed by atoms with Gasteiger partial charge in [-0.25, -0.2) is 0 Å². The molecule has 0 aromatic heterocycles. The average molecular weight is 493 g/mol. The molecule has 0 atom stereocenters. The van der Waals surface area contributed by atoms with E-state index in [1.54, 1.807) is 21.6 Å². The molecule has 0 N–H and O–H groups in total. The Kier molecular flexibility index (Phi) is 8.40. The van der Waals surface area contributed by atoms with Crippen molar-refractivity contribution in [3.63, 3.8) is 0 Å². The molecule has 2 aliphatic heterocycles. The highest BCUT2D eigenvalue weighted by Crippen LogP contribution is 2.30. The lowest BCUT2D eigenvalue weighted by Gasteiger charge is -2.25. The molecule has 0 aliphatic carbocycles. The van der Waals surface area contributed by atoms with E-state index in [2.05, 4.69) is 95.0 Å². The molecule has 6 heteroatoms. The number of hydrogen-bond acceptors (Lipinski definition) is 4. The van der Waals surface area contributed by atoms with Crippen LogP contribution >= 0.6 is 46.0 Å². The first-order valence-corrected chi connectivity index (χ1v) is 13.4. The van der Waals surface area contributed by atoms with Gasteiger partial charge in [0.1, 0.15) is 0 Å². The van der Waals surface area contributed by atoms with Crippen LogP contribution in [0, 0.1) is 0 Å². The molecule has 2 aliphatic rings. The van der Waals surface area contributed by atoms with Gasteiger partial charge in [0.05, 0.1) is 0 Å². The highest BCUT2D eigenvalue weighted by atomic mass is 33.1. The van der Waals surface area contributed by atoms with Crippen molar-refractivity contribution in [1.29, 1.82) is 0 Å². The molecule has 0 radical (unpaired) electrons. The summed E-state index contributed by atoms with van der Waals surface area (Å²) < 4.78 is 1.65. The maximum Gasteiger partial charge on any atom is 0.151 e. The fourth-order valence-electron chi connectivity index (χ4n) is 3.42. The highest BCUT2D eigenvalue weighted by Gasteiger charge is 2.15. The summed E-state index contributed by atoms with van der Waals surface area (Å²) in [5.74, 6) is 0. The van der Waals surface area contributed by atoms with Gasteiger partial charge >= 0.3 is 0 Å². The van der Waals surface area contributed by atoms with Crippen LogP contribution < -0.4 is 0 Å². The molecular weight excluding hydrogens is 469 g/mol. The Hall–Kier alpha value is -2.12. The van der Waals surface area contributed by atoms with Gasteiger partial charge in [0.2, 0.25) is 0 Å². The lowest BCUT2D eigenvalue weighted by Crippen LogP contribution is -2.25. The van der Waals surface area contributed by atoms with E-state index in [0.29, 0.717) is 0 Å². The van der Waals surface area contributed by atoms with Gasteiger partial charge in [0.15, 0.2) is 8.64 Å². The molecule has 2 aromatic carbocycles. The van der Waals surface area contributed by atoms with Crippen LogP contribution in [0.2, 0.25) is 0 Å². The van der Waals surface area contributed by atoms with Crippen LogP contribution in [0.3, 0.4) is 0 Å². The molecule has 162 valence electrons. The second-order valence-electron chi connectivity index (χ2n) is 7.52. The summed E-state index contributed by atoms with van der Waals surface area (Å²) >= 11 is 11.3. The third-order valence-electron chi connectivity index (χ3n) is 5.19. The van der Waals surface area contributed by atoms with E-state index >= 15 is 0 Å². The first kappa shape index (κ1) is 23.1. The van der Waals surface area contributed by atoms with Crippen molar-refractivity contribution in [2.24, 2.45) is 0 Å². The molecule has 0 saturated heterocycles. The Morgan fingerprint density at radius 1 is 0.656 bits per heavy atom. The lowest BCUT2D eigenvalue weighted by atomic mass is 10.0. The van der Waals surface area contributed by atoms with Gasteiger partial charge in [-0.15, -0.1) is 0 Å². The summed E-state index contributed by atoms with van der Waals surface area (Å²) in [6.07, 6.45) is 14.9. The van der Waals surface area contributed by atoms with Gasteiger partial charge in [-0.05, 0) is 68.9 Å². The maximum atomic E-state index is 5.63. The van der Waals surface area contributed by atoms with E-state index in [1.807, 2.05) is 12.1 Å². The van der Waals surface area contributed by atoms with Crippen LogP contribution in [0.25, 0.3) is 0 Å². The van der Waals surface area contributed by atoms with Gasteiger partial charge in [0.25, 0.3) is 0 Å². The molecule has 2 heterocycles. The smallest absolute Gasteiger partial charge is 0.151 e. The molecule has 0 amide bonds. The summed E-state index contributed by atoms with van der Waals surface area (Å²) in [5.41, 5.74) is 5.29. The lowest BCUT2D eigenvalue weighted by molar-refractivity contribution is 0.632. The molecule has 0 bridgehead atoms. The van der Waals surface area contributed by atoms with Crippen LogP contribution in [0.5, 0.6) is 0 Å². The fourth-order valence-corrected chi connectivity index (χ4v) is 5.91. The molecule has 32 heavy (non-hydrogen) atoms. The number of hydrogen-bond donors (Lipinski definition) is 0. The van der Waals surface area contributed by atoms with Gasteiger partial charge in [0, 0.05) is 25.5 Å². The largest absolute Gasteiger partial charge is 0.329 e. The van der Waals surface area contributed by atoms with Gasteiger partial charge in [-0.2, -0.15) is 0 Å². The number of benzene rings is 2. The van der Waals surface area contributed by atoms with E-state index in [-0.39, 0.29) is 0 Å². The highest BCUT2D eigenvalue weighted by molar-refractivity contribution is 8.89. The minimum atomic E-state index is 0.799. The Balaban J connectivity index is 1.20. The Bertz CT molecular complexity index is 984. The second-order valence-corrected chi connectivity index (χ2v) is 10.9. The standard InChI is InChI=1S/C26H24N2S4/c29-25(27-15-11-23(12-16-27)19-21-7-3-1-4-8-21)31-32-26(30)28-17-13-24(14-18-28)20-22-9-5-2-6-10-22/h1-15,17H,16,18-20H2. The van der Waals surface area contributed by atoms with Crippen molar-refractivity contribution in [3.05, 3.63) is 120 Å². The molecule has 0 saturated carbocycles. The van der Waals surface area contributed by atoms with Crippen LogP contribution in [0.15, 0.2) is 109 Å². The quantitative estimate of drug-likeness (QED) is 0.335. The van der Waals surface area contributed by atoms with E-state index in [4.69, 9.17) is 24.4 Å². The third-order valence-corrected chi connectivity index (χ3v) is 8.83. The van der Waals surface area contributed by atoms with Crippen molar-refractivity contribution in [2.75, 3.05) is 13.1 Å². The molecule has 4 rings (SSSR count). The van der Waals surface area contributed by atoms with E-state index in [9.17, 15) is 0 Å². The number of nitrogens with zero attached hydrogens (tertiary/aromatic N) is 2. The zero-order valence-electron chi connectivity index (χ0n) is 17.6. The van der Waals surface area contributed by atoms with E-state index in [0.717, 1.165) is 34.6 Å². The zero-order valence-corrected chi connectivity index (χ0v) is 20.9. The van der Waals surface area contributed by atoms with Gasteiger partial charge in [-0.1, -0.05) is 97.3 Å². The van der Waals surface area contributed by atoms with Crippen LogP contribution in [-0.2, 0) is 12.8 Å². The topological polar surface area (TPSA) is 6.48 Å². The van der Waals surface area contributed by atoms with Crippen molar-refractivity contribution in [1.82, 2.24) is 9.80 Å². The van der Waals surface area contributed by atoms with E-state index in [1.165, 1.54) is 22.3 Å². The predicted molar refractivity (Wildman–Crippen MR) is 149 cm³/mol. The van der Waals surface area contributed by atoms with Crippen LogP contribution in [0.1, 0.15) is 11.1 Å². The summed E-state index contributed by atoms with van der Waals surface area (Å²) in [6.45, 7) is 1.60. The molecule has 0 fully saturated rings. The fraction of sp³-hybridized carbons (Fsp3) is 0.154. The monoisotopic (exact) mass is 492 g/mol. The normalized spacial score (nSPS) is 15.4. The average Bonchev–Trinajstić information content (AvgIpc) is 2.84. The first-order chi connectivity index (χ1) is 15.7. The minimum absolute atomic E-state index is 0.799. The van der Waals surface area contributed by atoms with Crippen molar-refractivity contribution < 1.29 is 0 Å². The Labute approximate surface area is 209 Å². The summed E-state index contributed by atoms with van der Waals surface area (Å²) in [4.78, 5) is 4.18. The van der Waals surface area contributed by atoms with Crippen molar-refractivity contribution in [3.8, 4) is 0 Å². The van der Waals surface area contributed by atoms with Crippen molar-refractivity contribution in [2.45, 2.75) is 12.8 Å². The Morgan fingerprint density at radius 3 is 1.41 bits per heavy atom. The third kappa shape index (κ3) is 6.69. The Morgan fingerprint density at radius 2 is 1.06 bits per heavy atom. The minimum Gasteiger partial charge on any atom is -0.329 e. The van der Waals surface area contributed by atoms with Gasteiger partial charge in [-0.3, -0.25) is 0 Å². The van der Waals surface area contributed by atoms with E-state index < -0.39 is 0 Å². The SMILES string of the molecule is S=C(SSC(=S)N1C=CC(Cc2ccccc2)=CC1)N1C=CC(Cc2ccccc2)=CC1. The predicted octanol–water partition coefficient (Wildman–Crippen LogP) is 6.93. The molecule has 2 nitrogen and oxygen atoms in total. The summed E-state index contributed by atoms with van der Waals surface area (Å²) in [6, 6.07) is 21.1. The van der Waals surface area contributed by atoms with Gasteiger partial charge < -0.3 is 9.80 Å². The zero-order chi connectivity index (χ0) is 22.2. The number of thiocarbonyl (C=S) groups is 2. The molecule has 0 unspecified atom stereocenters. The number of allylic oxidation sites excluding steroid dienone is 4. The second kappa shape index (κ2) is 11.7. The summed E-state index contributed by atoms with van der Waals surface area (Å²) in [7, 11) is 3.10. The molecule has 2 aromatic rings. The van der Waals surface area contributed by atoms with Crippen LogP contribution in [-0.4, -0.2) is 31.5 Å². The summed E-state index contributed by atoms with van der Waals surface area (Å²) in [5, 5.41) is 0.